The molecule has 280 valence electrons. The number of ether oxygens (including phenoxy) is 1. The highest BCUT2D eigenvalue weighted by Crippen LogP contribution is 2.44. The number of carbonyl (C=O) groups is 2. The number of rotatable bonds is 9. The standard InChI is InChI=1S/C49H46N4O3/c1-48(2,3)56-47(55)52-33-35(30-39(34-52)36-16-8-4-9-17-36)31-45(54)38-24-25-44-43(32-38)46(37-26-28-50-29-27-37)51-53(44)49(40-18-10-5-11-19-40,41-20-12-6-13-21-41)42-22-14-7-15-23-42/h4-29,32,35,39H,30-31,33-34H2,1-3H3/t35-,39-/m1/s1. The molecule has 2 atom stereocenters. The molecule has 3 heterocycles. The lowest BCUT2D eigenvalue weighted by atomic mass is 9.77. The molecule has 56 heavy (non-hydrogen) atoms. The predicted octanol–water partition coefficient (Wildman–Crippen LogP) is 10.6. The number of piperidine rings is 1. The third-order valence-electron chi connectivity index (χ3n) is 10.8. The van der Waals surface area contributed by atoms with Crippen LogP contribution in [0.1, 0.15) is 72.1 Å². The first-order valence-corrected chi connectivity index (χ1v) is 19.4. The normalized spacial score (nSPS) is 16.1. The van der Waals surface area contributed by atoms with Crippen molar-refractivity contribution in [1.82, 2.24) is 19.7 Å². The van der Waals surface area contributed by atoms with E-state index < -0.39 is 11.1 Å². The summed E-state index contributed by atoms with van der Waals surface area (Å²) in [5.41, 5.74) is 6.04. The monoisotopic (exact) mass is 738 g/mol. The highest BCUT2D eigenvalue weighted by molar-refractivity contribution is 6.03. The summed E-state index contributed by atoms with van der Waals surface area (Å²) in [5.74, 6) is 0.0777. The molecular formula is C49H46N4O3. The van der Waals surface area contributed by atoms with Crippen LogP contribution in [0.5, 0.6) is 0 Å². The van der Waals surface area contributed by atoms with Gasteiger partial charge in [-0.25, -0.2) is 9.48 Å². The summed E-state index contributed by atoms with van der Waals surface area (Å²) in [4.78, 5) is 33.9. The van der Waals surface area contributed by atoms with Crippen molar-refractivity contribution in [2.75, 3.05) is 13.1 Å². The van der Waals surface area contributed by atoms with E-state index in [0.717, 1.165) is 50.8 Å². The Bertz CT molecular complexity index is 2330. The van der Waals surface area contributed by atoms with Gasteiger partial charge in [-0.15, -0.1) is 0 Å². The van der Waals surface area contributed by atoms with Crippen molar-refractivity contribution in [3.63, 3.8) is 0 Å². The third-order valence-corrected chi connectivity index (χ3v) is 10.8. The van der Waals surface area contributed by atoms with Gasteiger partial charge >= 0.3 is 6.09 Å². The molecule has 1 aliphatic rings. The molecule has 1 amide bonds. The lowest BCUT2D eigenvalue weighted by molar-refractivity contribution is 0.0136. The first-order valence-electron chi connectivity index (χ1n) is 19.4. The Morgan fingerprint density at radius 3 is 1.80 bits per heavy atom. The zero-order valence-corrected chi connectivity index (χ0v) is 32.1. The first kappa shape index (κ1) is 36.6. The Hall–Kier alpha value is -6.34. The van der Waals surface area contributed by atoms with Crippen LogP contribution in [-0.2, 0) is 10.3 Å². The minimum Gasteiger partial charge on any atom is -0.444 e. The van der Waals surface area contributed by atoms with E-state index >= 15 is 0 Å². The number of ketones is 1. The molecule has 7 nitrogen and oxygen atoms in total. The summed E-state index contributed by atoms with van der Waals surface area (Å²) < 4.78 is 7.95. The molecule has 0 N–H and O–H groups in total. The van der Waals surface area contributed by atoms with Crippen LogP contribution in [0.4, 0.5) is 4.79 Å². The molecule has 7 heteroatoms. The molecule has 5 aromatic carbocycles. The minimum atomic E-state index is -0.849. The molecule has 1 fully saturated rings. The lowest BCUT2D eigenvalue weighted by Crippen LogP contribution is -2.45. The van der Waals surface area contributed by atoms with Gasteiger partial charge in [-0.2, -0.15) is 5.10 Å². The van der Waals surface area contributed by atoms with Gasteiger partial charge in [0.05, 0.1) is 5.52 Å². The minimum absolute atomic E-state index is 0.0311. The second-order valence-electron chi connectivity index (χ2n) is 15.8. The molecular weight excluding hydrogens is 693 g/mol. The highest BCUT2D eigenvalue weighted by atomic mass is 16.6. The quantitative estimate of drug-likeness (QED) is 0.109. The second-order valence-corrected chi connectivity index (χ2v) is 15.8. The molecule has 1 saturated heterocycles. The number of hydrogen-bond acceptors (Lipinski definition) is 5. The zero-order valence-electron chi connectivity index (χ0n) is 32.1. The number of hydrogen-bond donors (Lipinski definition) is 0. The Morgan fingerprint density at radius 2 is 1.25 bits per heavy atom. The summed E-state index contributed by atoms with van der Waals surface area (Å²) in [7, 11) is 0. The van der Waals surface area contributed by atoms with Crippen molar-refractivity contribution in [2.45, 2.75) is 50.7 Å². The highest BCUT2D eigenvalue weighted by Gasteiger charge is 2.41. The molecule has 8 rings (SSSR count). The number of Topliss-reactive ketones (excluding diaryl/α,β-unsaturated/α-hetero) is 1. The molecule has 2 aromatic heterocycles. The van der Waals surface area contributed by atoms with Crippen LogP contribution in [-0.4, -0.2) is 50.2 Å². The average Bonchev–Trinajstić information content (AvgIpc) is 3.61. The van der Waals surface area contributed by atoms with Crippen molar-refractivity contribution >= 4 is 22.8 Å². The Morgan fingerprint density at radius 1 is 0.696 bits per heavy atom. The Kier molecular flexibility index (Phi) is 10.1. The topological polar surface area (TPSA) is 77.3 Å². The fourth-order valence-corrected chi connectivity index (χ4v) is 8.35. The van der Waals surface area contributed by atoms with Crippen molar-refractivity contribution in [1.29, 1.82) is 0 Å². The lowest BCUT2D eigenvalue weighted by Gasteiger charge is -2.38. The van der Waals surface area contributed by atoms with Gasteiger partial charge in [-0.1, -0.05) is 121 Å². The summed E-state index contributed by atoms with van der Waals surface area (Å²) in [5, 5.41) is 6.37. The maximum Gasteiger partial charge on any atom is 0.410 e. The maximum atomic E-state index is 14.4. The van der Waals surface area contributed by atoms with Crippen LogP contribution in [0.3, 0.4) is 0 Å². The van der Waals surface area contributed by atoms with Crippen LogP contribution >= 0.6 is 0 Å². The van der Waals surface area contributed by atoms with Gasteiger partial charge in [0.25, 0.3) is 0 Å². The molecule has 7 aromatic rings. The number of benzene rings is 5. The summed E-state index contributed by atoms with van der Waals surface area (Å²) in [6.07, 6.45) is 4.30. The molecule has 0 bridgehead atoms. The fraction of sp³-hybridized carbons (Fsp3) is 0.224. The first-order chi connectivity index (χ1) is 27.2. The largest absolute Gasteiger partial charge is 0.444 e. The van der Waals surface area contributed by atoms with Crippen LogP contribution in [0.15, 0.2) is 164 Å². The van der Waals surface area contributed by atoms with Crippen LogP contribution in [0.25, 0.3) is 22.2 Å². The third kappa shape index (κ3) is 7.25. The van der Waals surface area contributed by atoms with Gasteiger partial charge < -0.3 is 9.64 Å². The van der Waals surface area contributed by atoms with E-state index in [1.165, 1.54) is 0 Å². The molecule has 0 radical (unpaired) electrons. The van der Waals surface area contributed by atoms with Gasteiger partial charge in [0.15, 0.2) is 5.78 Å². The number of likely N-dealkylation sites (tertiary alicyclic amines) is 1. The van der Waals surface area contributed by atoms with Gasteiger partial charge in [0.1, 0.15) is 16.8 Å². The van der Waals surface area contributed by atoms with E-state index in [0.29, 0.717) is 25.1 Å². The van der Waals surface area contributed by atoms with E-state index in [4.69, 9.17) is 9.84 Å². The van der Waals surface area contributed by atoms with E-state index in [1.54, 1.807) is 17.3 Å². The van der Waals surface area contributed by atoms with Gasteiger partial charge in [0.2, 0.25) is 0 Å². The number of aromatic nitrogens is 3. The van der Waals surface area contributed by atoms with E-state index in [2.05, 4.69) is 94.6 Å². The van der Waals surface area contributed by atoms with Gasteiger partial charge in [0, 0.05) is 54.3 Å². The van der Waals surface area contributed by atoms with E-state index in [-0.39, 0.29) is 23.7 Å². The summed E-state index contributed by atoms with van der Waals surface area (Å²) in [6, 6.07) is 51.7. The fourth-order valence-electron chi connectivity index (χ4n) is 8.35. The number of pyridine rings is 1. The SMILES string of the molecule is CC(C)(C)OC(=O)N1C[C@@H](CC(=O)c2ccc3c(c2)c(-c2ccncc2)nn3C(c2ccccc2)(c2ccccc2)c2ccccc2)C[C@@H](c2ccccc2)C1. The van der Waals surface area contributed by atoms with Crippen LogP contribution in [0, 0.1) is 5.92 Å². The zero-order chi connectivity index (χ0) is 38.7. The number of carbonyl (C=O) groups excluding carboxylic acids is 2. The number of nitrogens with zero attached hydrogens (tertiary/aromatic N) is 4. The Labute approximate surface area is 328 Å². The second kappa shape index (κ2) is 15.4. The number of amides is 1. The summed E-state index contributed by atoms with van der Waals surface area (Å²) in [6.45, 7) is 6.65. The molecule has 0 spiro atoms. The van der Waals surface area contributed by atoms with Crippen LogP contribution < -0.4 is 0 Å². The van der Waals surface area contributed by atoms with Crippen molar-refractivity contribution in [3.05, 3.63) is 192 Å². The van der Waals surface area contributed by atoms with Crippen LogP contribution in [0.2, 0.25) is 0 Å². The van der Waals surface area contributed by atoms with Crippen molar-refractivity contribution < 1.29 is 14.3 Å². The average molecular weight is 739 g/mol. The van der Waals surface area contributed by atoms with Crippen molar-refractivity contribution in [2.24, 2.45) is 5.92 Å². The maximum absolute atomic E-state index is 14.4. The van der Waals surface area contributed by atoms with E-state index in [1.807, 2.05) is 87.5 Å². The molecule has 0 aliphatic carbocycles. The van der Waals surface area contributed by atoms with Crippen molar-refractivity contribution in [3.8, 4) is 11.3 Å². The smallest absolute Gasteiger partial charge is 0.410 e. The summed E-state index contributed by atoms with van der Waals surface area (Å²) >= 11 is 0. The number of fused-ring (bicyclic) bond motifs is 1. The van der Waals surface area contributed by atoms with Gasteiger partial charge in [-0.3, -0.25) is 9.78 Å². The molecule has 1 aliphatic heterocycles. The Balaban J connectivity index is 1.24. The molecule has 0 saturated carbocycles. The predicted molar refractivity (Wildman–Crippen MR) is 222 cm³/mol. The van der Waals surface area contributed by atoms with E-state index in [9.17, 15) is 9.59 Å². The molecule has 0 unspecified atom stereocenters. The van der Waals surface area contributed by atoms with Gasteiger partial charge in [-0.05, 0) is 85.7 Å².